The van der Waals surface area contributed by atoms with Crippen LogP contribution in [0.15, 0.2) is 72.6 Å². The number of fused-ring (bicyclic) bond motifs is 1. The van der Waals surface area contributed by atoms with E-state index in [0.717, 1.165) is 21.2 Å². The van der Waals surface area contributed by atoms with Crippen molar-refractivity contribution < 1.29 is 42.4 Å². The van der Waals surface area contributed by atoms with Gasteiger partial charge in [0.25, 0.3) is 5.91 Å². The third-order valence-corrected chi connectivity index (χ3v) is 6.01. The number of hydrogen-bond donors (Lipinski definition) is 1. The van der Waals surface area contributed by atoms with E-state index in [1.807, 2.05) is 0 Å². The summed E-state index contributed by atoms with van der Waals surface area (Å²) in [6.07, 6.45) is -0.756. The number of carbonyl (C=O) groups excluding carboxylic acids is 3. The van der Waals surface area contributed by atoms with Crippen LogP contribution in [0, 0.1) is 0 Å². The number of nitrogens with one attached hydrogen (secondary N) is 1. The fourth-order valence-corrected chi connectivity index (χ4v) is 3.96. The summed E-state index contributed by atoms with van der Waals surface area (Å²) in [6.45, 7) is -14.3. The lowest BCUT2D eigenvalue weighted by atomic mass is 9.90. The number of likely N-dealkylation sites (N-methyl/N-ethyl adjacent to an activating group) is 2. The number of rotatable bonds is 7. The van der Waals surface area contributed by atoms with Crippen molar-refractivity contribution >= 4 is 40.3 Å². The molecule has 0 bridgehead atoms. The Bertz CT molecular complexity index is 2210. The first-order valence-electron chi connectivity index (χ1n) is 20.3. The Labute approximate surface area is 258 Å². The van der Waals surface area contributed by atoms with Crippen LogP contribution in [0.4, 0.5) is 11.4 Å². The van der Waals surface area contributed by atoms with E-state index in [-0.39, 0.29) is 37.8 Å². The zero-order valence-electron chi connectivity index (χ0n) is 38.6. The molecule has 0 spiro atoms. The Kier molecular flexibility index (Phi) is 3.97. The molecule has 206 valence electrons. The molecular weight excluding hydrogens is 504 g/mol. The number of amides is 2. The molecule has 2 aliphatic heterocycles. The molecule has 3 aromatic rings. The molecule has 0 aliphatic carbocycles. The van der Waals surface area contributed by atoms with E-state index in [0.29, 0.717) is 4.90 Å². The van der Waals surface area contributed by atoms with Gasteiger partial charge in [-0.05, 0) is 54.4 Å². The number of nitrogens with zero attached hydrogens (tertiary/aromatic N) is 3. The molecule has 0 atom stereocenters. The minimum absolute atomic E-state index is 0.0355. The van der Waals surface area contributed by atoms with Gasteiger partial charge in [-0.3, -0.25) is 14.5 Å². The third kappa shape index (κ3) is 5.83. The summed E-state index contributed by atoms with van der Waals surface area (Å²) < 4.78 is 149. The van der Waals surface area contributed by atoms with E-state index in [4.69, 9.17) is 28.0 Å². The standard InChI is InChI=1S/C32H34N4O4/c1-34-15-17-36(18-16-34)21-29(37)35(2)25-12-9-22(10-13-25)19-27(23-7-5-4-6-8-23)30-26-14-11-24(32(39)40-3)20-28(26)33-31(30)38/h4-14,20H,15-19,21H2,1-3H3,(H,33,38)/b30-27+/i4D,5D,6D,7D,8D,9D,10D,12D,13D,15D2,16D2,17D2,18D2. The van der Waals surface area contributed by atoms with Crippen LogP contribution in [0.5, 0.6) is 0 Å². The second kappa shape index (κ2) is 11.9. The summed E-state index contributed by atoms with van der Waals surface area (Å²) in [5.74, 6) is -2.88. The van der Waals surface area contributed by atoms with Crippen molar-refractivity contribution in [2.24, 2.45) is 0 Å². The van der Waals surface area contributed by atoms with Crippen molar-refractivity contribution in [3.63, 3.8) is 0 Å². The molecule has 1 fully saturated rings. The maximum atomic E-state index is 13.7. The largest absolute Gasteiger partial charge is 0.465 e. The maximum absolute atomic E-state index is 13.7. The Hall–Kier alpha value is -4.27. The fourth-order valence-electron chi connectivity index (χ4n) is 3.96. The molecule has 3 aromatic carbocycles. The number of piperazine rings is 1. The van der Waals surface area contributed by atoms with Gasteiger partial charge in [0.2, 0.25) is 5.91 Å². The van der Waals surface area contributed by atoms with Gasteiger partial charge in [0.1, 0.15) is 0 Å². The quantitative estimate of drug-likeness (QED) is 0.353. The highest BCUT2D eigenvalue weighted by Gasteiger charge is 2.29. The molecule has 5 rings (SSSR count). The van der Waals surface area contributed by atoms with Crippen LogP contribution in [0.2, 0.25) is 0 Å². The Morgan fingerprint density at radius 1 is 1.02 bits per heavy atom. The van der Waals surface area contributed by atoms with Crippen molar-refractivity contribution in [1.82, 2.24) is 9.80 Å². The molecule has 1 N–H and O–H groups in total. The van der Waals surface area contributed by atoms with Gasteiger partial charge in [-0.1, -0.05) is 48.4 Å². The molecule has 0 radical (unpaired) electrons. The molecule has 2 aliphatic rings. The highest BCUT2D eigenvalue weighted by atomic mass is 16.5. The highest BCUT2D eigenvalue weighted by Crippen LogP contribution is 2.39. The van der Waals surface area contributed by atoms with Gasteiger partial charge in [0.15, 0.2) is 0 Å². The van der Waals surface area contributed by atoms with Crippen LogP contribution in [0.1, 0.15) is 50.4 Å². The second-order valence-corrected chi connectivity index (χ2v) is 8.61. The highest BCUT2D eigenvalue weighted by molar-refractivity contribution is 6.37. The van der Waals surface area contributed by atoms with Gasteiger partial charge in [-0.2, -0.15) is 0 Å². The van der Waals surface area contributed by atoms with Gasteiger partial charge in [-0.25, -0.2) is 4.79 Å². The Balaban J connectivity index is 1.67. The number of esters is 1. The second-order valence-electron chi connectivity index (χ2n) is 8.61. The summed E-state index contributed by atoms with van der Waals surface area (Å²) in [7, 11) is 2.95. The molecule has 40 heavy (non-hydrogen) atoms. The number of ether oxygens (including phenoxy) is 1. The average molecular weight is 556 g/mol. The van der Waals surface area contributed by atoms with Crippen molar-refractivity contribution in [1.29, 1.82) is 0 Å². The first kappa shape index (κ1) is 13.4. The van der Waals surface area contributed by atoms with Crippen LogP contribution in [0.25, 0.3) is 11.1 Å². The van der Waals surface area contributed by atoms with Crippen molar-refractivity contribution in [2.45, 2.75) is 6.42 Å². The van der Waals surface area contributed by atoms with E-state index in [2.05, 4.69) is 5.32 Å². The van der Waals surface area contributed by atoms with Crippen LogP contribution in [-0.4, -0.2) is 81.3 Å². The van der Waals surface area contributed by atoms with Gasteiger partial charge in [-0.15, -0.1) is 0 Å². The number of methoxy groups -OCH3 is 1. The lowest BCUT2D eigenvalue weighted by molar-refractivity contribution is -0.119. The summed E-state index contributed by atoms with van der Waals surface area (Å²) in [5, 5.41) is 2.55. The SMILES string of the molecule is [2H]c1c([2H])c([2H])c(/C(Cc2c([2H])c([2H])c(N(C)C(=O)CN3C([2H])([2H])C([2H])([2H])N(C)C([2H])([2H])C3([2H])[2H])c([2H])c2[2H])=C2/C(=O)Nc3cc(C(=O)OC)ccc32)c([2H])c1[2H]. The average Bonchev–Trinajstić information content (AvgIpc) is 3.48. The normalized spacial score (nSPS) is 27.9. The molecule has 8 heteroatoms. The number of benzene rings is 3. The maximum Gasteiger partial charge on any atom is 0.337 e. The van der Waals surface area contributed by atoms with Crippen LogP contribution >= 0.6 is 0 Å². The summed E-state index contributed by atoms with van der Waals surface area (Å²) >= 11 is 0. The number of carbonyl (C=O) groups is 3. The lowest BCUT2D eigenvalue weighted by Crippen LogP contribution is -2.48. The zero-order valence-corrected chi connectivity index (χ0v) is 21.6. The predicted octanol–water partition coefficient (Wildman–Crippen LogP) is 3.79. The zero-order chi connectivity index (χ0) is 43.2. The smallest absolute Gasteiger partial charge is 0.337 e. The Morgan fingerprint density at radius 3 is 2.40 bits per heavy atom. The summed E-state index contributed by atoms with van der Waals surface area (Å²) in [4.78, 5) is 40.4. The molecule has 1 saturated heterocycles. The minimum atomic E-state index is -3.33. The van der Waals surface area contributed by atoms with Gasteiger partial charge < -0.3 is 19.9 Å². The van der Waals surface area contributed by atoms with Crippen molar-refractivity contribution in [3.8, 4) is 0 Å². The number of anilines is 2. The molecule has 2 amide bonds. The predicted molar refractivity (Wildman–Crippen MR) is 157 cm³/mol. The van der Waals surface area contributed by atoms with Crippen molar-refractivity contribution in [2.75, 3.05) is 64.0 Å². The molecule has 0 unspecified atom stereocenters. The van der Waals surface area contributed by atoms with E-state index >= 15 is 0 Å². The van der Waals surface area contributed by atoms with E-state index < -0.39 is 128 Å². The van der Waals surface area contributed by atoms with Crippen LogP contribution < -0.4 is 10.2 Å². The van der Waals surface area contributed by atoms with E-state index in [1.54, 1.807) is 0 Å². The Morgan fingerprint density at radius 2 is 1.73 bits per heavy atom. The number of hydrogen-bond acceptors (Lipinski definition) is 6. The minimum Gasteiger partial charge on any atom is -0.465 e. The van der Waals surface area contributed by atoms with Gasteiger partial charge >= 0.3 is 5.97 Å². The van der Waals surface area contributed by atoms with Crippen molar-refractivity contribution in [3.05, 3.63) is 94.8 Å². The molecule has 0 saturated carbocycles. The van der Waals surface area contributed by atoms with Crippen LogP contribution in [-0.2, 0) is 20.7 Å². The molecule has 8 nitrogen and oxygen atoms in total. The van der Waals surface area contributed by atoms with Gasteiger partial charge in [0, 0.05) is 60.9 Å². The number of allylic oxidation sites excluding steroid dienone is 1. The molecule has 0 aromatic heterocycles. The third-order valence-electron chi connectivity index (χ3n) is 6.01. The first-order valence-corrected chi connectivity index (χ1v) is 11.8. The fraction of sp³-hybridized carbons (Fsp3) is 0.281. The molecule has 2 heterocycles. The van der Waals surface area contributed by atoms with Crippen LogP contribution in [0.3, 0.4) is 0 Å². The monoisotopic (exact) mass is 555 g/mol. The lowest BCUT2D eigenvalue weighted by Gasteiger charge is -2.32. The molecular formula is C32H34N4O4. The summed E-state index contributed by atoms with van der Waals surface area (Å²) in [5.41, 5.74) is -2.02. The summed E-state index contributed by atoms with van der Waals surface area (Å²) in [6, 6.07) is -3.29. The first-order chi connectivity index (χ1) is 26.1. The van der Waals surface area contributed by atoms with Gasteiger partial charge in [0.05, 0.1) is 37.1 Å². The topological polar surface area (TPSA) is 82.2 Å². The van der Waals surface area contributed by atoms with E-state index in [1.165, 1.54) is 18.2 Å². The van der Waals surface area contributed by atoms with E-state index in [9.17, 15) is 14.4 Å².